The normalized spacial score (nSPS) is 11.3. The molecule has 0 bridgehead atoms. The van der Waals surface area contributed by atoms with E-state index in [1.807, 2.05) is 0 Å². The van der Waals surface area contributed by atoms with Gasteiger partial charge in [-0.1, -0.05) is 22.7 Å². The van der Waals surface area contributed by atoms with Gasteiger partial charge in [0.2, 0.25) is 5.13 Å². The molecule has 0 aromatic carbocycles. The van der Waals surface area contributed by atoms with Crippen molar-refractivity contribution >= 4 is 57.9 Å². The van der Waals surface area contributed by atoms with Crippen LogP contribution in [0.25, 0.3) is 0 Å². The fraction of sp³-hybridized carbons (Fsp3) is 0.444. The predicted octanol–water partition coefficient (Wildman–Crippen LogP) is 3.55. The monoisotopic (exact) mass is 349 g/mol. The Hall–Kier alpha value is -1.04. The quantitative estimate of drug-likeness (QED) is 0.646. The first kappa shape index (κ1) is 15.4. The van der Waals surface area contributed by atoms with Crippen molar-refractivity contribution in [3.63, 3.8) is 0 Å². The van der Waals surface area contributed by atoms with Crippen LogP contribution in [0.5, 0.6) is 0 Å². The fourth-order valence-corrected chi connectivity index (χ4v) is 4.05. The predicted molar refractivity (Wildman–Crippen MR) is 81.2 cm³/mol. The summed E-state index contributed by atoms with van der Waals surface area (Å²) in [4.78, 5) is 11.6. The number of aromatic amines is 1. The molecule has 0 atom stereocenters. The second-order valence-corrected chi connectivity index (χ2v) is 8.62. The SMILES string of the molecule is CC(C)(C)OC(=O)Nc1nnc(Sc2n[nH]c(=S)s2)s1. The van der Waals surface area contributed by atoms with Crippen LogP contribution >= 0.6 is 46.7 Å². The van der Waals surface area contributed by atoms with E-state index >= 15 is 0 Å². The van der Waals surface area contributed by atoms with Gasteiger partial charge < -0.3 is 4.74 Å². The number of rotatable bonds is 3. The van der Waals surface area contributed by atoms with Crippen LogP contribution in [0.2, 0.25) is 0 Å². The average Bonchev–Trinajstić information content (AvgIpc) is 2.86. The molecule has 2 heterocycles. The maximum atomic E-state index is 11.6. The van der Waals surface area contributed by atoms with Crippen molar-refractivity contribution < 1.29 is 9.53 Å². The van der Waals surface area contributed by atoms with Gasteiger partial charge in [0.1, 0.15) is 5.60 Å². The molecule has 0 aliphatic carbocycles. The molecule has 11 heteroatoms. The van der Waals surface area contributed by atoms with Crippen LogP contribution in [0.4, 0.5) is 9.93 Å². The Balaban J connectivity index is 1.95. The molecular weight excluding hydrogens is 338 g/mol. The van der Waals surface area contributed by atoms with E-state index in [0.29, 0.717) is 13.4 Å². The number of nitrogens with one attached hydrogen (secondary N) is 2. The average molecular weight is 349 g/mol. The largest absolute Gasteiger partial charge is 0.444 e. The first-order valence-corrected chi connectivity index (χ1v) is 8.24. The summed E-state index contributed by atoms with van der Waals surface area (Å²) < 4.78 is 7.13. The van der Waals surface area contributed by atoms with Gasteiger partial charge in [-0.2, -0.15) is 5.10 Å². The highest BCUT2D eigenvalue weighted by Crippen LogP contribution is 2.32. The summed E-state index contributed by atoms with van der Waals surface area (Å²) >= 11 is 8.87. The Morgan fingerprint density at radius 1 is 1.35 bits per heavy atom. The number of hydrogen-bond acceptors (Lipinski definition) is 9. The third kappa shape index (κ3) is 4.81. The number of carbonyl (C=O) groups is 1. The second-order valence-electron chi connectivity index (χ2n) is 4.48. The van der Waals surface area contributed by atoms with Crippen molar-refractivity contribution in [2.24, 2.45) is 0 Å². The standard InChI is InChI=1S/C9H11N5O2S4/c1-9(2,3)16-5(15)10-4-11-13-7(18-4)20-8-14-12-6(17)19-8/h1-3H3,(H,12,17)(H,10,11,15). The van der Waals surface area contributed by atoms with Crippen molar-refractivity contribution in [2.75, 3.05) is 5.32 Å². The van der Waals surface area contributed by atoms with Crippen LogP contribution in [0.15, 0.2) is 8.68 Å². The minimum absolute atomic E-state index is 0.376. The molecule has 0 saturated heterocycles. The molecule has 0 unspecified atom stereocenters. The highest BCUT2D eigenvalue weighted by molar-refractivity contribution is 8.02. The number of ether oxygens (including phenoxy) is 1. The lowest BCUT2D eigenvalue weighted by molar-refractivity contribution is 0.0636. The molecule has 108 valence electrons. The third-order valence-electron chi connectivity index (χ3n) is 1.61. The van der Waals surface area contributed by atoms with E-state index in [9.17, 15) is 4.79 Å². The van der Waals surface area contributed by atoms with Crippen molar-refractivity contribution in [1.82, 2.24) is 20.4 Å². The van der Waals surface area contributed by atoms with Crippen molar-refractivity contribution in [3.05, 3.63) is 3.95 Å². The first-order valence-electron chi connectivity index (χ1n) is 5.39. The smallest absolute Gasteiger partial charge is 0.414 e. The lowest BCUT2D eigenvalue weighted by Crippen LogP contribution is -2.27. The number of nitrogens with zero attached hydrogens (tertiary/aromatic N) is 3. The van der Waals surface area contributed by atoms with Crippen LogP contribution in [-0.2, 0) is 4.74 Å². The van der Waals surface area contributed by atoms with Crippen LogP contribution in [0.3, 0.4) is 0 Å². The van der Waals surface area contributed by atoms with Gasteiger partial charge in [0, 0.05) is 0 Å². The molecule has 0 aliphatic rings. The molecule has 2 rings (SSSR count). The van der Waals surface area contributed by atoms with Crippen LogP contribution in [0.1, 0.15) is 20.8 Å². The fourth-order valence-electron chi connectivity index (χ4n) is 1.03. The summed E-state index contributed by atoms with van der Waals surface area (Å²) in [5.74, 6) is 0. The summed E-state index contributed by atoms with van der Waals surface area (Å²) in [5.41, 5.74) is -0.553. The van der Waals surface area contributed by atoms with Crippen LogP contribution in [-0.4, -0.2) is 32.1 Å². The van der Waals surface area contributed by atoms with Crippen molar-refractivity contribution in [1.29, 1.82) is 0 Å². The van der Waals surface area contributed by atoms with Gasteiger partial charge in [-0.05, 0) is 44.8 Å². The molecular formula is C9H11N5O2S4. The molecule has 1 amide bonds. The number of aromatic nitrogens is 4. The number of carbonyl (C=O) groups excluding carboxylic acids is 1. The molecule has 0 spiro atoms. The summed E-state index contributed by atoms with van der Waals surface area (Å²) in [6.45, 7) is 5.37. The number of hydrogen-bond donors (Lipinski definition) is 2. The topological polar surface area (TPSA) is 92.8 Å². The Morgan fingerprint density at radius 3 is 2.70 bits per heavy atom. The van der Waals surface area contributed by atoms with Crippen molar-refractivity contribution in [2.45, 2.75) is 35.1 Å². The lowest BCUT2D eigenvalue weighted by atomic mass is 10.2. The van der Waals surface area contributed by atoms with Gasteiger partial charge in [0.25, 0.3) is 0 Å². The third-order valence-corrected chi connectivity index (χ3v) is 4.65. The minimum atomic E-state index is -0.555. The summed E-state index contributed by atoms with van der Waals surface area (Å²) in [7, 11) is 0. The van der Waals surface area contributed by atoms with Gasteiger partial charge in [0.15, 0.2) is 12.6 Å². The zero-order valence-electron chi connectivity index (χ0n) is 10.8. The van der Waals surface area contributed by atoms with Gasteiger partial charge in [0.05, 0.1) is 0 Å². The molecule has 2 aromatic rings. The molecule has 20 heavy (non-hydrogen) atoms. The Morgan fingerprint density at radius 2 is 2.10 bits per heavy atom. The van der Waals surface area contributed by atoms with Crippen molar-refractivity contribution in [3.8, 4) is 0 Å². The second kappa shape index (κ2) is 6.16. The molecule has 0 aliphatic heterocycles. The maximum absolute atomic E-state index is 11.6. The van der Waals surface area contributed by atoms with E-state index in [0.717, 1.165) is 4.34 Å². The number of amides is 1. The van der Waals surface area contributed by atoms with Crippen LogP contribution in [0, 0.1) is 3.95 Å². The van der Waals surface area contributed by atoms with E-state index in [2.05, 4.69) is 25.7 Å². The number of anilines is 1. The van der Waals surface area contributed by atoms with Crippen LogP contribution < -0.4 is 5.32 Å². The molecule has 7 nitrogen and oxygen atoms in total. The van der Waals surface area contributed by atoms with Gasteiger partial charge in [-0.25, -0.2) is 4.79 Å². The van der Waals surface area contributed by atoms with Gasteiger partial charge in [-0.15, -0.1) is 10.2 Å². The zero-order chi connectivity index (χ0) is 14.8. The first-order chi connectivity index (χ1) is 9.32. The molecule has 2 N–H and O–H groups in total. The lowest BCUT2D eigenvalue weighted by Gasteiger charge is -2.18. The summed E-state index contributed by atoms with van der Waals surface area (Å²) in [6.07, 6.45) is -0.555. The Labute approximate surface area is 132 Å². The van der Waals surface area contributed by atoms with E-state index in [-0.39, 0.29) is 0 Å². The van der Waals surface area contributed by atoms with E-state index < -0.39 is 11.7 Å². The number of H-pyrrole nitrogens is 1. The Bertz CT molecular complexity index is 656. The van der Waals surface area contributed by atoms with E-state index in [4.69, 9.17) is 17.0 Å². The highest BCUT2D eigenvalue weighted by atomic mass is 32.2. The van der Waals surface area contributed by atoms with Gasteiger partial charge in [-0.3, -0.25) is 10.4 Å². The summed E-state index contributed by atoms with van der Waals surface area (Å²) in [5, 5.41) is 17.4. The molecule has 0 fully saturated rings. The maximum Gasteiger partial charge on any atom is 0.414 e. The van der Waals surface area contributed by atoms with E-state index in [1.54, 1.807) is 20.8 Å². The summed E-state index contributed by atoms with van der Waals surface area (Å²) in [6, 6.07) is 0. The highest BCUT2D eigenvalue weighted by Gasteiger charge is 2.18. The molecule has 0 radical (unpaired) electrons. The Kier molecular flexibility index (Phi) is 4.73. The van der Waals surface area contributed by atoms with Gasteiger partial charge >= 0.3 is 6.09 Å². The molecule has 0 saturated carbocycles. The minimum Gasteiger partial charge on any atom is -0.444 e. The molecule has 2 aromatic heterocycles. The van der Waals surface area contributed by atoms with E-state index in [1.165, 1.54) is 34.4 Å². The zero-order valence-corrected chi connectivity index (χ0v) is 14.1.